The molecule has 3 aromatic heterocycles. The van der Waals surface area contributed by atoms with Gasteiger partial charge in [0.2, 0.25) is 0 Å². The van der Waals surface area contributed by atoms with Crippen molar-refractivity contribution in [2.45, 2.75) is 51.5 Å². The van der Waals surface area contributed by atoms with E-state index in [9.17, 15) is 9.59 Å². The molecule has 8 nitrogen and oxygen atoms in total. The Morgan fingerprint density at radius 1 is 1.02 bits per heavy atom. The maximum Gasteiger partial charge on any atom is 0.274 e. The van der Waals surface area contributed by atoms with Gasteiger partial charge in [-0.05, 0) is 91.7 Å². The van der Waals surface area contributed by atoms with E-state index in [0.717, 1.165) is 44.3 Å². The predicted molar refractivity (Wildman–Crippen MR) is 167 cm³/mol. The Hall–Kier alpha value is -4.24. The third kappa shape index (κ3) is 4.85. The van der Waals surface area contributed by atoms with Gasteiger partial charge in [0, 0.05) is 62.8 Å². The maximum atomic E-state index is 15.3. The molecular formula is C34H37FN6O2. The first-order valence-electron chi connectivity index (χ1n) is 15.3. The Morgan fingerprint density at radius 2 is 1.84 bits per heavy atom. The van der Waals surface area contributed by atoms with Crippen LogP contribution >= 0.6 is 0 Å². The molecule has 1 fully saturated rings. The average molecular weight is 581 g/mol. The number of carbonyl (C=O) groups excluding carboxylic acids is 1. The number of aryl methyl sites for hydroxylation is 2. The Bertz CT molecular complexity index is 1780. The fourth-order valence-electron chi connectivity index (χ4n) is 7.08. The summed E-state index contributed by atoms with van der Waals surface area (Å²) in [5.41, 5.74) is 7.42. The van der Waals surface area contributed by atoms with E-state index >= 15 is 4.39 Å². The Balaban J connectivity index is 1.23. The molecule has 43 heavy (non-hydrogen) atoms. The van der Waals surface area contributed by atoms with Gasteiger partial charge < -0.3 is 24.3 Å². The van der Waals surface area contributed by atoms with E-state index in [0.29, 0.717) is 59.4 Å². The summed E-state index contributed by atoms with van der Waals surface area (Å²) in [5.74, 6) is 0.556. The molecule has 222 valence electrons. The van der Waals surface area contributed by atoms with E-state index in [1.165, 1.54) is 33.5 Å². The molecular weight excluding hydrogens is 543 g/mol. The quantitative estimate of drug-likeness (QED) is 0.337. The molecule has 1 saturated heterocycles. The zero-order chi connectivity index (χ0) is 29.8. The monoisotopic (exact) mass is 580 g/mol. The van der Waals surface area contributed by atoms with E-state index in [1.54, 1.807) is 24.2 Å². The van der Waals surface area contributed by atoms with Gasteiger partial charge in [-0.2, -0.15) is 0 Å². The van der Waals surface area contributed by atoms with Gasteiger partial charge in [0.25, 0.3) is 11.5 Å². The fourth-order valence-corrected chi connectivity index (χ4v) is 7.08. The number of aromatic nitrogens is 3. The molecule has 9 heteroatoms. The molecule has 1 amide bonds. The highest BCUT2D eigenvalue weighted by Crippen LogP contribution is 2.37. The summed E-state index contributed by atoms with van der Waals surface area (Å²) >= 11 is 0. The van der Waals surface area contributed by atoms with Crippen LogP contribution in [0.4, 0.5) is 21.6 Å². The van der Waals surface area contributed by atoms with Crippen LogP contribution in [0.5, 0.6) is 0 Å². The number of amides is 1. The van der Waals surface area contributed by atoms with E-state index in [4.69, 9.17) is 0 Å². The van der Waals surface area contributed by atoms with Crippen LogP contribution in [0.15, 0.2) is 53.6 Å². The van der Waals surface area contributed by atoms with Crippen molar-refractivity contribution in [3.63, 3.8) is 0 Å². The van der Waals surface area contributed by atoms with Gasteiger partial charge in [0.05, 0.1) is 5.69 Å². The maximum absolute atomic E-state index is 15.3. The van der Waals surface area contributed by atoms with E-state index < -0.39 is 5.82 Å². The highest BCUT2D eigenvalue weighted by atomic mass is 19.1. The van der Waals surface area contributed by atoms with Crippen LogP contribution in [0, 0.1) is 5.82 Å². The van der Waals surface area contributed by atoms with Crippen molar-refractivity contribution in [3.05, 3.63) is 93.0 Å². The SMILES string of the molecule is CCc1c(-c2cc(Nc3ccc(C4CN(C)C4)cn3)c(=O)n(C)c2)cc(F)cc1N1CCn2c(cc3c2CCCC3)C1=O. The lowest BCUT2D eigenvalue weighted by Gasteiger charge is -2.36. The summed E-state index contributed by atoms with van der Waals surface area (Å²) in [6.45, 7) is 5.24. The number of anilines is 3. The highest BCUT2D eigenvalue weighted by Gasteiger charge is 2.32. The number of nitrogens with one attached hydrogen (secondary N) is 1. The van der Waals surface area contributed by atoms with E-state index in [-0.39, 0.29) is 11.5 Å². The van der Waals surface area contributed by atoms with Gasteiger partial charge in [-0.1, -0.05) is 13.0 Å². The molecule has 0 atom stereocenters. The normalized spacial score (nSPS) is 17.0. The number of hydrogen-bond acceptors (Lipinski definition) is 5. The van der Waals surface area contributed by atoms with E-state index in [1.807, 2.05) is 25.3 Å². The largest absolute Gasteiger partial charge is 0.339 e. The van der Waals surface area contributed by atoms with Crippen LogP contribution in [0.1, 0.15) is 58.6 Å². The van der Waals surface area contributed by atoms with Crippen LogP contribution in [0.3, 0.4) is 0 Å². The second kappa shape index (κ2) is 10.8. The van der Waals surface area contributed by atoms with Crippen molar-refractivity contribution in [1.82, 2.24) is 19.0 Å². The van der Waals surface area contributed by atoms with Crippen molar-refractivity contribution in [1.29, 1.82) is 0 Å². The molecule has 0 radical (unpaired) electrons. The Morgan fingerprint density at radius 3 is 2.58 bits per heavy atom. The average Bonchev–Trinajstić information content (AvgIpc) is 3.38. The van der Waals surface area contributed by atoms with E-state index in [2.05, 4.69) is 32.9 Å². The number of carbonyl (C=O) groups is 1. The number of likely N-dealkylation sites (tertiary alicyclic amines) is 1. The minimum absolute atomic E-state index is 0.0854. The van der Waals surface area contributed by atoms with Crippen LogP contribution in [-0.2, 0) is 32.9 Å². The molecule has 0 unspecified atom stereocenters. The number of benzene rings is 1. The number of fused-ring (bicyclic) bond motifs is 3. The van der Waals surface area contributed by atoms with Crippen LogP contribution < -0.4 is 15.8 Å². The zero-order valence-corrected chi connectivity index (χ0v) is 25.0. The summed E-state index contributed by atoms with van der Waals surface area (Å²) < 4.78 is 19.0. The summed E-state index contributed by atoms with van der Waals surface area (Å²) in [6.07, 6.45) is 8.51. The molecule has 0 saturated carbocycles. The number of pyridine rings is 2. The third-order valence-electron chi connectivity index (χ3n) is 9.33. The molecule has 0 bridgehead atoms. The van der Waals surface area contributed by atoms with Gasteiger partial charge in [0.1, 0.15) is 23.0 Å². The second-order valence-electron chi connectivity index (χ2n) is 12.2. The number of likely N-dealkylation sites (N-methyl/N-ethyl adjacent to an activating group) is 1. The Kier molecular flexibility index (Phi) is 6.92. The molecule has 5 heterocycles. The van der Waals surface area contributed by atoms with Gasteiger partial charge in [0.15, 0.2) is 0 Å². The lowest BCUT2D eigenvalue weighted by molar-refractivity contribution is 0.0964. The molecule has 7 rings (SSSR count). The zero-order valence-electron chi connectivity index (χ0n) is 25.0. The lowest BCUT2D eigenvalue weighted by atomic mass is 9.93. The third-order valence-corrected chi connectivity index (χ3v) is 9.33. The van der Waals surface area contributed by atoms with Crippen LogP contribution in [0.2, 0.25) is 0 Å². The summed E-state index contributed by atoms with van der Waals surface area (Å²) in [6, 6.07) is 10.7. The minimum Gasteiger partial charge on any atom is -0.339 e. The molecule has 3 aliphatic rings. The molecule has 4 aromatic rings. The first-order valence-corrected chi connectivity index (χ1v) is 15.3. The second-order valence-corrected chi connectivity index (χ2v) is 12.2. The van der Waals surface area contributed by atoms with Gasteiger partial charge in [-0.15, -0.1) is 0 Å². The van der Waals surface area contributed by atoms with Gasteiger partial charge in [-0.3, -0.25) is 9.59 Å². The predicted octanol–water partition coefficient (Wildman–Crippen LogP) is 5.26. The summed E-state index contributed by atoms with van der Waals surface area (Å²) in [7, 11) is 3.79. The standard InChI is InChI=1S/C34H37FN6O2/c1-4-26-27(15-25(35)16-30(26)41-12-11-40-29-8-6-5-7-21(29)14-31(40)34(41)43)23-13-28(33(42)39(3)20-23)37-32-10-9-22(17-36-32)24-18-38(2)19-24/h9-10,13-17,20,24H,4-8,11-12,18-19H2,1-3H3,(H,36,37). The van der Waals surface area contributed by atoms with Gasteiger partial charge >= 0.3 is 0 Å². The topological polar surface area (TPSA) is 75.4 Å². The van der Waals surface area contributed by atoms with Crippen LogP contribution in [-0.4, -0.2) is 51.6 Å². The number of halogens is 1. The van der Waals surface area contributed by atoms with Gasteiger partial charge in [-0.25, -0.2) is 9.37 Å². The molecule has 1 aromatic carbocycles. The molecule has 1 N–H and O–H groups in total. The smallest absolute Gasteiger partial charge is 0.274 e. The number of rotatable bonds is 6. The minimum atomic E-state index is -0.419. The number of hydrogen-bond donors (Lipinski definition) is 1. The van der Waals surface area contributed by atoms with Crippen LogP contribution in [0.25, 0.3) is 11.1 Å². The van der Waals surface area contributed by atoms with Crippen molar-refractivity contribution >= 4 is 23.1 Å². The molecule has 1 aliphatic carbocycles. The van der Waals surface area contributed by atoms with Crippen molar-refractivity contribution in [2.75, 3.05) is 36.9 Å². The molecule has 2 aliphatic heterocycles. The van der Waals surface area contributed by atoms with Crippen molar-refractivity contribution in [2.24, 2.45) is 7.05 Å². The van der Waals surface area contributed by atoms with Crippen molar-refractivity contribution in [3.8, 4) is 11.1 Å². The molecule has 0 spiro atoms. The summed E-state index contributed by atoms with van der Waals surface area (Å²) in [4.78, 5) is 35.5. The highest BCUT2D eigenvalue weighted by molar-refractivity contribution is 6.07. The number of nitrogens with zero attached hydrogens (tertiary/aromatic N) is 5. The first kappa shape index (κ1) is 27.6. The van der Waals surface area contributed by atoms with Crippen molar-refractivity contribution < 1.29 is 9.18 Å². The fraction of sp³-hybridized carbons (Fsp3) is 0.382. The Labute approximate surface area is 250 Å². The first-order chi connectivity index (χ1) is 20.8. The lowest BCUT2D eigenvalue weighted by Crippen LogP contribution is -2.41. The summed E-state index contributed by atoms with van der Waals surface area (Å²) in [5, 5.41) is 3.19.